The Kier molecular flexibility index (Phi) is 347. The van der Waals surface area contributed by atoms with Crippen molar-refractivity contribution in [2.45, 2.75) is 0 Å². The zero-order valence-electron chi connectivity index (χ0n) is 3.26. The predicted molar refractivity (Wildman–Crippen MR) is 4.30 cm³/mol. The van der Waals surface area contributed by atoms with Gasteiger partial charge >= 0.3 is 37.7 Å². The van der Waals surface area contributed by atoms with Crippen LogP contribution in [0.25, 0.3) is 0 Å². The molecule has 0 aromatic heterocycles. The van der Waals surface area contributed by atoms with E-state index in [1.165, 1.54) is 0 Å². The first-order chi connectivity index (χ1) is 0. The van der Waals surface area contributed by atoms with Crippen LogP contribution >= 0.6 is 0 Å². The van der Waals surface area contributed by atoms with Gasteiger partial charge in [0.1, 0.15) is 0 Å². The van der Waals surface area contributed by atoms with Crippen molar-refractivity contribution in [1.82, 2.24) is 0 Å². The van der Waals surface area contributed by atoms with Crippen LogP contribution in [-0.2, 0) is 5.48 Å². The van der Waals surface area contributed by atoms with E-state index in [4.69, 9.17) is 0 Å². The van der Waals surface area contributed by atoms with Gasteiger partial charge in [-0.25, -0.2) is 0 Å². The van der Waals surface area contributed by atoms with Crippen LogP contribution in [0.2, 0.25) is 0 Å². The minimum atomic E-state index is 0. The van der Waals surface area contributed by atoms with Gasteiger partial charge in [-0.1, -0.05) is 0 Å². The van der Waals surface area contributed by atoms with Crippen LogP contribution in [-0.4, -0.2) is 5.48 Å². The SMILES string of the molecule is O.[Ar].[Li+].[Li+].[O-2]. The second-order valence-electron chi connectivity index (χ2n) is 0. The molecule has 0 saturated carbocycles. The molecule has 0 fully saturated rings. The molecule has 0 bridgehead atoms. The van der Waals surface area contributed by atoms with E-state index in [2.05, 4.69) is 0 Å². The van der Waals surface area contributed by atoms with E-state index in [-0.39, 0.29) is 86.4 Å². The number of rotatable bonds is 0. The first kappa shape index (κ1) is 53.1. The first-order valence-corrected chi connectivity index (χ1v) is 0. The van der Waals surface area contributed by atoms with Gasteiger partial charge in [-0.2, -0.15) is 0 Å². The van der Waals surface area contributed by atoms with Crippen LogP contribution in [0.3, 0.4) is 0 Å². The molecule has 0 atom stereocenters. The van der Waals surface area contributed by atoms with Crippen molar-refractivity contribution in [3.05, 3.63) is 0 Å². The monoisotopic (exact) mass is 88.0 g/mol. The molecule has 0 aliphatic rings. The van der Waals surface area contributed by atoms with E-state index in [0.717, 1.165) is 0 Å². The smallest absolute Gasteiger partial charge is 1.00 e. The van der Waals surface area contributed by atoms with Crippen molar-refractivity contribution >= 4 is 0 Å². The van der Waals surface area contributed by atoms with Crippen molar-refractivity contribution in [3.63, 3.8) is 0 Å². The molecule has 24 valence electrons. The van der Waals surface area contributed by atoms with Gasteiger partial charge in [0.25, 0.3) is 0 Å². The quantitative estimate of drug-likeness (QED) is 0.264. The van der Waals surface area contributed by atoms with Crippen molar-refractivity contribution in [2.24, 2.45) is 0 Å². The minimum Gasteiger partial charge on any atom is -2.00 e. The van der Waals surface area contributed by atoms with E-state index in [0.29, 0.717) is 0 Å². The number of hydrogen-bond donors (Lipinski definition) is 0. The molecule has 0 saturated heterocycles. The molecule has 0 amide bonds. The van der Waals surface area contributed by atoms with Crippen LogP contribution in [0.4, 0.5) is 0 Å². The fourth-order valence-corrected chi connectivity index (χ4v) is 0. The van der Waals surface area contributed by atoms with Crippen molar-refractivity contribution in [1.29, 1.82) is 0 Å². The van der Waals surface area contributed by atoms with Crippen LogP contribution in [0.1, 0.15) is 0 Å². The molecular weight excluding hydrogens is 85.8 g/mol. The molecule has 2 N–H and O–H groups in total. The summed E-state index contributed by atoms with van der Waals surface area (Å²) in [6.45, 7) is 0. The largest absolute Gasteiger partial charge is 2.00 e. The molecule has 0 aliphatic carbocycles. The minimum absolute atomic E-state index is 0. The van der Waals surface area contributed by atoms with E-state index < -0.39 is 0 Å². The Hall–Kier alpha value is 2.37. The summed E-state index contributed by atoms with van der Waals surface area (Å²) in [7, 11) is 0. The molecule has 0 aliphatic heterocycles. The standard InChI is InChI=1S/Ar.2Li.H2O.O/h;;;1H2;/q;2*+1;;-2. The van der Waals surface area contributed by atoms with Crippen LogP contribution in [0.5, 0.6) is 0 Å². The summed E-state index contributed by atoms with van der Waals surface area (Å²) >= 11 is 0. The van der Waals surface area contributed by atoms with Gasteiger partial charge < -0.3 is 11.0 Å². The molecule has 0 spiro atoms. The Labute approximate surface area is 85.0 Å². The van der Waals surface area contributed by atoms with Crippen LogP contribution in [0, 0.1) is 37.7 Å². The molecule has 0 aromatic rings. The molecular formula is H2ArLi2O2. The molecule has 0 unspecified atom stereocenters. The zero-order valence-corrected chi connectivity index (χ0v) is 3.97. The van der Waals surface area contributed by atoms with E-state index in [9.17, 15) is 0 Å². The summed E-state index contributed by atoms with van der Waals surface area (Å²) in [5.74, 6) is 0. The average Bonchev–Trinajstić information content (AvgIpc) is 0. The number of hydrogen-bond acceptors (Lipinski definition) is 0. The Morgan fingerprint density at radius 2 is 0.800 bits per heavy atom. The van der Waals surface area contributed by atoms with E-state index >= 15 is 0 Å². The Balaban J connectivity index is 0. The second kappa shape index (κ2) is 32.7. The van der Waals surface area contributed by atoms with Gasteiger partial charge in [0.15, 0.2) is 0 Å². The van der Waals surface area contributed by atoms with Crippen molar-refractivity contribution in [2.75, 3.05) is 0 Å². The Morgan fingerprint density at radius 3 is 0.800 bits per heavy atom. The third-order valence-electron chi connectivity index (χ3n) is 0. The zero-order chi connectivity index (χ0) is 0. The Morgan fingerprint density at radius 1 is 0.800 bits per heavy atom. The molecule has 0 aromatic carbocycles. The van der Waals surface area contributed by atoms with Crippen LogP contribution < -0.4 is 37.7 Å². The molecule has 2 nitrogen and oxygen atoms in total. The third-order valence-corrected chi connectivity index (χ3v) is 0. The Bertz CT molecular complexity index is 7.61. The van der Waals surface area contributed by atoms with E-state index in [1.54, 1.807) is 0 Å². The topological polar surface area (TPSA) is 60.0 Å². The summed E-state index contributed by atoms with van der Waals surface area (Å²) in [5.41, 5.74) is 0. The summed E-state index contributed by atoms with van der Waals surface area (Å²) in [5, 5.41) is 0. The third kappa shape index (κ3) is 21.6. The molecule has 5 heavy (non-hydrogen) atoms. The van der Waals surface area contributed by atoms with Crippen molar-refractivity contribution in [3.8, 4) is 0 Å². The predicted octanol–water partition coefficient (Wildman–Crippen LogP) is -6.94. The van der Waals surface area contributed by atoms with Gasteiger partial charge in [0.2, 0.25) is 0 Å². The molecule has 0 radical (unpaired) electrons. The maximum Gasteiger partial charge on any atom is 1.00 e. The summed E-state index contributed by atoms with van der Waals surface area (Å²) in [4.78, 5) is 0. The first-order valence-electron chi connectivity index (χ1n) is 0. The molecule has 5 heteroatoms. The maximum atomic E-state index is 0. The average molecular weight is 87.8 g/mol. The van der Waals surface area contributed by atoms with Gasteiger partial charge in [-0.3, -0.25) is 0 Å². The second-order valence-corrected chi connectivity index (χ2v) is 0. The fourth-order valence-electron chi connectivity index (χ4n) is 0. The van der Waals surface area contributed by atoms with Gasteiger partial charge in [0, 0.05) is 37.7 Å². The normalized spacial score (nSPS) is 0. The molecule has 0 heterocycles. The maximum absolute atomic E-state index is 0. The summed E-state index contributed by atoms with van der Waals surface area (Å²) in [6, 6.07) is 0. The molecule has 0 rings (SSSR count). The van der Waals surface area contributed by atoms with Crippen LogP contribution in [0.15, 0.2) is 0 Å². The van der Waals surface area contributed by atoms with Gasteiger partial charge in [-0.05, 0) is 0 Å². The van der Waals surface area contributed by atoms with E-state index in [1.807, 2.05) is 0 Å². The van der Waals surface area contributed by atoms with Crippen molar-refractivity contribution < 1.29 is 86.4 Å². The summed E-state index contributed by atoms with van der Waals surface area (Å²) < 4.78 is 0. The summed E-state index contributed by atoms with van der Waals surface area (Å²) in [6.07, 6.45) is 0. The van der Waals surface area contributed by atoms with Gasteiger partial charge in [-0.15, -0.1) is 0 Å². The fraction of sp³-hybridized carbons (Fsp3) is 0. The van der Waals surface area contributed by atoms with Gasteiger partial charge in [0.05, 0.1) is 0 Å².